The number of carbonyl (C=O) groups is 2. The molecule has 0 saturated carbocycles. The molecular formula is C25H28N4O3. The summed E-state index contributed by atoms with van der Waals surface area (Å²) in [4.78, 5) is 25.4. The Kier molecular flexibility index (Phi) is 6.94. The van der Waals surface area contributed by atoms with E-state index in [-0.39, 0.29) is 17.7 Å². The highest BCUT2D eigenvalue weighted by molar-refractivity contribution is 6.37. The number of esters is 1. The first-order chi connectivity index (χ1) is 15.2. The molecule has 1 aliphatic rings. The Morgan fingerprint density at radius 3 is 2.28 bits per heavy atom. The summed E-state index contributed by atoms with van der Waals surface area (Å²) in [6, 6.07) is 21.4. The number of anilines is 1. The van der Waals surface area contributed by atoms with Gasteiger partial charge in [0.15, 0.2) is 6.10 Å². The fraction of sp³-hybridized carbons (Fsp3) is 0.360. The number of rotatable bonds is 7. The van der Waals surface area contributed by atoms with Crippen LogP contribution in [0.1, 0.15) is 45.7 Å². The van der Waals surface area contributed by atoms with Gasteiger partial charge in [0, 0.05) is 6.42 Å². The predicted molar refractivity (Wildman–Crippen MR) is 123 cm³/mol. The Bertz CT molecular complexity index is 1030. The van der Waals surface area contributed by atoms with Gasteiger partial charge in [-0.1, -0.05) is 62.4 Å². The van der Waals surface area contributed by atoms with E-state index in [1.54, 1.807) is 6.92 Å². The molecule has 166 valence electrons. The molecule has 1 amide bonds. The third-order valence-corrected chi connectivity index (χ3v) is 5.77. The molecule has 2 aromatic carbocycles. The molecule has 1 aliphatic heterocycles. The molecule has 0 fully saturated rings. The molecule has 7 heteroatoms. The van der Waals surface area contributed by atoms with E-state index in [9.17, 15) is 14.9 Å². The second-order valence-electron chi connectivity index (χ2n) is 8.36. The van der Waals surface area contributed by atoms with Crippen LogP contribution in [0.15, 0.2) is 65.8 Å². The van der Waals surface area contributed by atoms with Crippen molar-refractivity contribution in [3.05, 3.63) is 66.2 Å². The zero-order valence-corrected chi connectivity index (χ0v) is 18.8. The summed E-state index contributed by atoms with van der Waals surface area (Å²) < 4.78 is 5.42. The molecule has 0 bridgehead atoms. The second kappa shape index (κ2) is 9.65. The molecule has 3 rings (SSSR count). The molecule has 1 N–H and O–H groups in total. The SMILES string of the molecule is CC(OC(=O)C1=NN(c2ccccc2)C(c2ccccc2)C1)C(=O)NC(C)(C#N)C(C)C. The molecule has 2 aromatic rings. The lowest BCUT2D eigenvalue weighted by molar-refractivity contribution is -0.149. The van der Waals surface area contributed by atoms with Crippen molar-refractivity contribution in [3.63, 3.8) is 0 Å². The van der Waals surface area contributed by atoms with Crippen LogP contribution >= 0.6 is 0 Å². The van der Waals surface area contributed by atoms with Gasteiger partial charge in [0.1, 0.15) is 11.3 Å². The summed E-state index contributed by atoms with van der Waals surface area (Å²) in [6.45, 7) is 6.82. The molecule has 0 aromatic heterocycles. The first-order valence-electron chi connectivity index (χ1n) is 10.7. The minimum absolute atomic E-state index is 0.107. The summed E-state index contributed by atoms with van der Waals surface area (Å²) >= 11 is 0. The Morgan fingerprint density at radius 1 is 1.12 bits per heavy atom. The van der Waals surface area contributed by atoms with Crippen LogP contribution in [0.4, 0.5) is 5.69 Å². The van der Waals surface area contributed by atoms with Crippen molar-refractivity contribution in [2.75, 3.05) is 5.01 Å². The van der Waals surface area contributed by atoms with E-state index in [0.29, 0.717) is 6.42 Å². The van der Waals surface area contributed by atoms with Gasteiger partial charge < -0.3 is 10.1 Å². The van der Waals surface area contributed by atoms with Crippen molar-refractivity contribution >= 4 is 23.3 Å². The lowest BCUT2D eigenvalue weighted by atomic mass is 9.90. The maximum atomic E-state index is 12.9. The second-order valence-corrected chi connectivity index (χ2v) is 8.36. The molecule has 32 heavy (non-hydrogen) atoms. The van der Waals surface area contributed by atoms with Gasteiger partial charge in [-0.2, -0.15) is 10.4 Å². The van der Waals surface area contributed by atoms with Crippen LogP contribution in [0.3, 0.4) is 0 Å². The maximum Gasteiger partial charge on any atom is 0.355 e. The monoisotopic (exact) mass is 432 g/mol. The molecule has 3 atom stereocenters. The van der Waals surface area contributed by atoms with E-state index in [2.05, 4.69) is 16.5 Å². The van der Waals surface area contributed by atoms with Crippen LogP contribution in [-0.2, 0) is 14.3 Å². The van der Waals surface area contributed by atoms with Gasteiger partial charge in [0.2, 0.25) is 0 Å². The van der Waals surface area contributed by atoms with E-state index in [4.69, 9.17) is 4.74 Å². The summed E-state index contributed by atoms with van der Waals surface area (Å²) in [5.41, 5.74) is 1.08. The minimum atomic E-state index is -1.06. The number of para-hydroxylation sites is 1. The van der Waals surface area contributed by atoms with E-state index >= 15 is 0 Å². The molecular weight excluding hydrogens is 404 g/mol. The highest BCUT2D eigenvalue weighted by atomic mass is 16.5. The molecule has 0 saturated heterocycles. The predicted octanol–water partition coefficient (Wildman–Crippen LogP) is 3.98. The van der Waals surface area contributed by atoms with E-state index in [0.717, 1.165) is 11.3 Å². The fourth-order valence-electron chi connectivity index (χ4n) is 3.33. The smallest absolute Gasteiger partial charge is 0.355 e. The Labute approximate surface area is 188 Å². The first kappa shape index (κ1) is 23.0. The van der Waals surface area contributed by atoms with Crippen LogP contribution < -0.4 is 10.3 Å². The number of ether oxygens (including phenoxy) is 1. The normalized spacial score (nSPS) is 18.3. The Balaban J connectivity index is 1.76. The summed E-state index contributed by atoms with van der Waals surface area (Å²) in [5, 5.41) is 18.4. The Morgan fingerprint density at radius 2 is 1.72 bits per heavy atom. The number of carbonyl (C=O) groups excluding carboxylic acids is 2. The number of benzene rings is 2. The van der Waals surface area contributed by atoms with Crippen LogP contribution in [-0.4, -0.2) is 29.2 Å². The van der Waals surface area contributed by atoms with E-state index in [1.165, 1.54) is 6.92 Å². The van der Waals surface area contributed by atoms with Crippen molar-refractivity contribution in [1.29, 1.82) is 5.26 Å². The third-order valence-electron chi connectivity index (χ3n) is 5.77. The average Bonchev–Trinajstić information content (AvgIpc) is 3.25. The standard InChI is InChI=1S/C25H28N4O3/c1-17(2)25(4,16-26)27-23(30)18(3)32-24(31)21-15-22(19-11-7-5-8-12-19)29(28-21)20-13-9-6-10-14-20/h5-14,17-18,22H,15H2,1-4H3,(H,27,30). The highest BCUT2D eigenvalue weighted by Crippen LogP contribution is 2.35. The van der Waals surface area contributed by atoms with Gasteiger partial charge in [-0.25, -0.2) is 4.79 Å². The molecule has 0 aliphatic carbocycles. The number of hydrazone groups is 1. The van der Waals surface area contributed by atoms with Crippen LogP contribution in [0.5, 0.6) is 0 Å². The third kappa shape index (κ3) is 4.97. The first-order valence-corrected chi connectivity index (χ1v) is 10.7. The molecule has 1 heterocycles. The van der Waals surface area contributed by atoms with Crippen LogP contribution in [0, 0.1) is 17.2 Å². The molecule has 3 unspecified atom stereocenters. The Hall–Kier alpha value is -3.66. The fourth-order valence-corrected chi connectivity index (χ4v) is 3.33. The highest BCUT2D eigenvalue weighted by Gasteiger charge is 2.36. The number of nitriles is 1. The van der Waals surface area contributed by atoms with Gasteiger partial charge in [0.25, 0.3) is 5.91 Å². The largest absolute Gasteiger partial charge is 0.448 e. The summed E-state index contributed by atoms with van der Waals surface area (Å²) in [6.07, 6.45) is -0.703. The van der Waals surface area contributed by atoms with Crippen molar-refractivity contribution in [2.24, 2.45) is 11.0 Å². The van der Waals surface area contributed by atoms with E-state index < -0.39 is 23.5 Å². The maximum absolute atomic E-state index is 12.9. The number of hydrogen-bond donors (Lipinski definition) is 1. The van der Waals surface area contributed by atoms with Crippen LogP contribution in [0.25, 0.3) is 0 Å². The van der Waals surface area contributed by atoms with Crippen molar-refractivity contribution < 1.29 is 14.3 Å². The van der Waals surface area contributed by atoms with Crippen molar-refractivity contribution in [3.8, 4) is 6.07 Å². The number of hydrogen-bond acceptors (Lipinski definition) is 6. The van der Waals surface area contributed by atoms with Crippen LogP contribution in [0.2, 0.25) is 0 Å². The van der Waals surface area contributed by atoms with Crippen molar-refractivity contribution in [1.82, 2.24) is 5.32 Å². The van der Waals surface area contributed by atoms with Crippen molar-refractivity contribution in [2.45, 2.75) is 51.8 Å². The van der Waals surface area contributed by atoms with Gasteiger partial charge in [-0.15, -0.1) is 0 Å². The number of amides is 1. The molecule has 0 radical (unpaired) electrons. The minimum Gasteiger partial charge on any atom is -0.448 e. The van der Waals surface area contributed by atoms with Gasteiger partial charge >= 0.3 is 5.97 Å². The number of nitrogens with zero attached hydrogens (tertiary/aromatic N) is 3. The zero-order chi connectivity index (χ0) is 23.3. The number of nitrogens with one attached hydrogen (secondary N) is 1. The van der Waals surface area contributed by atoms with Gasteiger partial charge in [0.05, 0.1) is 17.8 Å². The van der Waals surface area contributed by atoms with Gasteiger partial charge in [-0.3, -0.25) is 9.80 Å². The van der Waals surface area contributed by atoms with Gasteiger partial charge in [-0.05, 0) is 37.5 Å². The zero-order valence-electron chi connectivity index (χ0n) is 18.8. The lowest BCUT2D eigenvalue weighted by Crippen LogP contribution is -2.52. The molecule has 0 spiro atoms. The lowest BCUT2D eigenvalue weighted by Gasteiger charge is -2.28. The quantitative estimate of drug-likeness (QED) is 0.668. The van der Waals surface area contributed by atoms with E-state index in [1.807, 2.05) is 79.5 Å². The summed E-state index contributed by atoms with van der Waals surface area (Å²) in [7, 11) is 0. The molecule has 7 nitrogen and oxygen atoms in total. The topological polar surface area (TPSA) is 94.8 Å². The average molecular weight is 433 g/mol. The summed E-state index contributed by atoms with van der Waals surface area (Å²) in [5.74, 6) is -1.27.